The topological polar surface area (TPSA) is 43.9 Å². The molecule has 0 spiro atoms. The normalized spacial score (nSPS) is 15.3. The number of benzene rings is 6. The van der Waals surface area contributed by atoms with E-state index in [0.717, 1.165) is 38.5 Å². The number of hydrogen-bond acceptors (Lipinski definition) is 3. The Morgan fingerprint density at radius 1 is 0.701 bits per heavy atom. The van der Waals surface area contributed by atoms with Crippen LogP contribution in [0.15, 0.2) is 132 Å². The molecule has 9 aromatic rings. The van der Waals surface area contributed by atoms with Gasteiger partial charge in [-0.05, 0) is 104 Å². The summed E-state index contributed by atoms with van der Waals surface area (Å²) in [7, 11) is 0. The van der Waals surface area contributed by atoms with Crippen molar-refractivity contribution in [2.45, 2.75) is 120 Å². The van der Waals surface area contributed by atoms with Crippen LogP contribution in [0, 0.1) is 29.8 Å². The summed E-state index contributed by atoms with van der Waals surface area (Å²) < 4.78 is 92.4. The largest absolute Gasteiger partial charge is 0.501 e. The summed E-state index contributed by atoms with van der Waals surface area (Å²) in [5, 5.41) is 1.87. The predicted octanol–water partition coefficient (Wildman–Crippen LogP) is 17.5. The standard InChI is InChI=1S/C45H47N2O.C17H20N.Ir/c1-27(2)33-23-37(28(3)4)42(38(24-33)29(5)6)47-40-16-11-10-15-39(40)46-44(47)36-14-12-13-35-34-22-21-32(25-41(34)48-43(35)36)31-19-17-30(18-20-31)26-45(7,8)9;1-13-5-8-15(9-6-13)16-10-7-14(12-18-16)11-17(2,3)4;/h10-13,15-25,27-29H,26H2,1-9H3;5-8,10,12H,11H2,1-4H3;/q2*-1;/i26D2,27D,28D,29D;1D3,11D2;. The molecule has 6 aromatic carbocycles. The fourth-order valence-electron chi connectivity index (χ4n) is 8.26. The molecule has 1 radical (unpaired) electrons. The molecule has 0 saturated heterocycles. The van der Waals surface area contributed by atoms with Crippen LogP contribution in [0.4, 0.5) is 0 Å². The smallest absolute Gasteiger partial charge is 0.121 e. The number of imidazole rings is 1. The third-order valence-corrected chi connectivity index (χ3v) is 11.3. The van der Waals surface area contributed by atoms with E-state index in [1.807, 2.05) is 162 Å². The first kappa shape index (κ1) is 37.4. The van der Waals surface area contributed by atoms with Crippen LogP contribution in [0.2, 0.25) is 0 Å². The first-order chi connectivity index (χ1) is 35.0. The third-order valence-electron chi connectivity index (χ3n) is 11.3. The van der Waals surface area contributed by atoms with Crippen molar-refractivity contribution >= 4 is 33.0 Å². The summed E-state index contributed by atoms with van der Waals surface area (Å²) in [6.07, 6.45) is -1.44. The van der Waals surface area contributed by atoms with Crippen LogP contribution in [-0.2, 0) is 32.9 Å². The van der Waals surface area contributed by atoms with Crippen molar-refractivity contribution in [2.24, 2.45) is 10.8 Å². The Labute approximate surface area is 427 Å². The summed E-state index contributed by atoms with van der Waals surface area (Å²) in [6, 6.07) is 44.1. The molecule has 0 aliphatic carbocycles. The summed E-state index contributed by atoms with van der Waals surface area (Å²) in [5.74, 6) is -2.49. The van der Waals surface area contributed by atoms with Crippen LogP contribution < -0.4 is 0 Å². The second-order valence-electron chi connectivity index (χ2n) is 19.8. The Bertz CT molecular complexity index is 3550. The Morgan fingerprint density at radius 2 is 1.36 bits per heavy atom. The van der Waals surface area contributed by atoms with Gasteiger partial charge in [0.15, 0.2) is 0 Å². The molecule has 67 heavy (non-hydrogen) atoms. The van der Waals surface area contributed by atoms with Crippen LogP contribution in [0.1, 0.15) is 148 Å². The second-order valence-corrected chi connectivity index (χ2v) is 19.8. The minimum absolute atomic E-state index is 0. The summed E-state index contributed by atoms with van der Waals surface area (Å²) >= 11 is 0. The van der Waals surface area contributed by atoms with E-state index in [2.05, 4.69) is 33.8 Å². The molecule has 0 amide bonds. The number of nitrogens with zero attached hydrogens (tertiary/aromatic N) is 3. The van der Waals surface area contributed by atoms with E-state index in [1.54, 1.807) is 24.3 Å². The summed E-state index contributed by atoms with van der Waals surface area (Å²) in [5.41, 5.74) is 10.0. The summed E-state index contributed by atoms with van der Waals surface area (Å²) in [4.78, 5) is 9.50. The monoisotopic (exact) mass is 1070 g/mol. The minimum atomic E-state index is -2.14. The molecule has 0 fully saturated rings. The van der Waals surface area contributed by atoms with E-state index in [1.165, 1.54) is 12.3 Å². The summed E-state index contributed by atoms with van der Waals surface area (Å²) in [6.45, 7) is 20.2. The van der Waals surface area contributed by atoms with Gasteiger partial charge in [-0.25, -0.2) is 0 Å². The van der Waals surface area contributed by atoms with Crippen molar-refractivity contribution in [1.82, 2.24) is 14.5 Å². The van der Waals surface area contributed by atoms with Gasteiger partial charge in [0.05, 0.1) is 22.4 Å². The molecular weight excluding hydrogens is 995 g/mol. The van der Waals surface area contributed by atoms with E-state index < -0.39 is 48.1 Å². The van der Waals surface area contributed by atoms with E-state index in [4.69, 9.17) is 20.4 Å². The predicted molar refractivity (Wildman–Crippen MR) is 280 cm³/mol. The van der Waals surface area contributed by atoms with Gasteiger partial charge in [-0.3, -0.25) is 4.98 Å². The number of furan rings is 1. The number of pyridine rings is 1. The molecule has 0 bridgehead atoms. The fraction of sp³-hybridized carbons (Fsp3) is 0.323. The molecule has 0 aliphatic heterocycles. The van der Waals surface area contributed by atoms with Crippen LogP contribution in [0.25, 0.3) is 72.4 Å². The van der Waals surface area contributed by atoms with Gasteiger partial charge >= 0.3 is 0 Å². The van der Waals surface area contributed by atoms with Crippen molar-refractivity contribution in [3.8, 4) is 39.5 Å². The van der Waals surface area contributed by atoms with Crippen LogP contribution in [-0.4, -0.2) is 14.5 Å². The van der Waals surface area contributed by atoms with Crippen molar-refractivity contribution in [2.75, 3.05) is 0 Å². The van der Waals surface area contributed by atoms with Gasteiger partial charge < -0.3 is 14.0 Å². The quantitative estimate of drug-likeness (QED) is 0.135. The van der Waals surface area contributed by atoms with Gasteiger partial charge in [0.1, 0.15) is 5.58 Å². The maximum atomic E-state index is 9.37. The number of fused-ring (bicyclic) bond motifs is 4. The number of hydrogen-bond donors (Lipinski definition) is 0. The zero-order valence-corrected chi connectivity index (χ0v) is 43.1. The number of aryl methyl sites for hydroxylation is 1. The van der Waals surface area contributed by atoms with Crippen molar-refractivity contribution < 1.29 is 38.2 Å². The Balaban J connectivity index is 0.000000301. The molecule has 347 valence electrons. The van der Waals surface area contributed by atoms with E-state index in [0.29, 0.717) is 61.8 Å². The van der Waals surface area contributed by atoms with E-state index in [9.17, 15) is 2.74 Å². The van der Waals surface area contributed by atoms with Crippen LogP contribution in [0.3, 0.4) is 0 Å². The van der Waals surface area contributed by atoms with Gasteiger partial charge in [-0.2, -0.15) is 0 Å². The maximum Gasteiger partial charge on any atom is 0.121 e. The Morgan fingerprint density at radius 3 is 1.96 bits per heavy atom. The van der Waals surface area contributed by atoms with Gasteiger partial charge in [0.2, 0.25) is 0 Å². The van der Waals surface area contributed by atoms with Crippen LogP contribution >= 0.6 is 0 Å². The molecule has 4 nitrogen and oxygen atoms in total. The molecule has 0 aliphatic rings. The van der Waals surface area contributed by atoms with Gasteiger partial charge in [-0.15, -0.1) is 53.6 Å². The van der Waals surface area contributed by atoms with Crippen LogP contribution in [0.5, 0.6) is 0 Å². The van der Waals surface area contributed by atoms with Gasteiger partial charge in [0, 0.05) is 51.1 Å². The average Bonchev–Trinajstić information content (AvgIpc) is 3.94. The van der Waals surface area contributed by atoms with E-state index >= 15 is 0 Å². The zero-order chi connectivity index (χ0) is 55.9. The first-order valence-electron chi connectivity index (χ1n) is 27.6. The Kier molecular flexibility index (Phi) is 11.1. The molecule has 9 rings (SSSR count). The van der Waals surface area contributed by atoms with Gasteiger partial charge in [-0.1, -0.05) is 174 Å². The van der Waals surface area contributed by atoms with E-state index in [-0.39, 0.29) is 25.7 Å². The Hall–Kier alpha value is -5.61. The molecule has 0 N–H and O–H groups in total. The first-order valence-corrected chi connectivity index (χ1v) is 22.6. The van der Waals surface area contributed by atoms with Crippen molar-refractivity contribution in [3.05, 3.63) is 173 Å². The average molecular weight is 1070 g/mol. The SMILES string of the molecule is [2H]C(C)(C)c1cc(C([2H])(C)C)c(-n2c(-c3[c-]ccc4c3oc3cc(-c5ccc(C([2H])([2H])C(C)(C)C)cc5)ccc34)nc3ccccc32)c(C([2H])(C)C)c1.[2H]C([2H])([2H])c1c[c-]c(-c2ccc(C([2H])([2H])C(C)(C)C)cn2)cc1.[Ir]. The molecular formula is C62H67IrN3O-2. The number of aromatic nitrogens is 3. The number of rotatable bonds is 9. The van der Waals surface area contributed by atoms with Crippen molar-refractivity contribution in [1.29, 1.82) is 0 Å². The molecule has 0 atom stereocenters. The molecule has 3 aromatic heterocycles. The third kappa shape index (κ3) is 11.1. The molecule has 3 heterocycles. The fourth-order valence-corrected chi connectivity index (χ4v) is 8.26. The molecule has 5 heteroatoms. The minimum Gasteiger partial charge on any atom is -0.501 e. The number of para-hydroxylation sites is 2. The second kappa shape index (κ2) is 19.9. The van der Waals surface area contributed by atoms with Gasteiger partial charge in [0.25, 0.3) is 0 Å². The molecule has 0 unspecified atom stereocenters. The maximum absolute atomic E-state index is 9.37. The molecule has 0 saturated carbocycles. The zero-order valence-electron chi connectivity index (χ0n) is 50.7. The van der Waals surface area contributed by atoms with Crippen molar-refractivity contribution in [3.63, 3.8) is 0 Å².